The third-order valence-electron chi connectivity index (χ3n) is 2.11. The van der Waals surface area contributed by atoms with Gasteiger partial charge in [0.1, 0.15) is 0 Å². The third kappa shape index (κ3) is 11.6. The molecule has 0 rings (SSSR count). The van der Waals surface area contributed by atoms with Gasteiger partial charge in [-0.1, -0.05) is 0 Å². The summed E-state index contributed by atoms with van der Waals surface area (Å²) in [6.45, 7) is 19.0. The first-order valence-electron chi connectivity index (χ1n) is 7.78. The maximum Gasteiger partial charge on any atom is 0.0981 e. The highest BCUT2D eigenvalue weighted by Crippen LogP contribution is 2.27. The summed E-state index contributed by atoms with van der Waals surface area (Å²) in [4.78, 5) is 21.7. The van der Waals surface area contributed by atoms with Crippen molar-refractivity contribution >= 4 is 0 Å². The molecule has 0 saturated heterocycles. The largest absolute Gasteiger partial charge is 0.230 e. The van der Waals surface area contributed by atoms with Crippen LogP contribution in [0.4, 0.5) is 0 Å². The zero-order valence-corrected chi connectivity index (χ0v) is 14.9. The van der Waals surface area contributed by atoms with Crippen molar-refractivity contribution in [2.45, 2.75) is 104 Å². The second-order valence-electron chi connectivity index (χ2n) is 8.33. The fourth-order valence-corrected chi connectivity index (χ4v) is 1.03. The number of hydrogen-bond donors (Lipinski definition) is 0. The molecule has 0 fully saturated rings. The minimum absolute atomic E-state index is 0.379. The molecule has 0 aliphatic rings. The van der Waals surface area contributed by atoms with E-state index in [-0.39, 0.29) is 5.60 Å². The van der Waals surface area contributed by atoms with Gasteiger partial charge in [0.15, 0.2) is 0 Å². The average Bonchev–Trinajstić information content (AvgIpc) is 2.22. The topological polar surface area (TPSA) is 36.9 Å². The van der Waals surface area contributed by atoms with E-state index in [4.69, 9.17) is 20.9 Å². The SMILES string of the molecule is [2H]C(CC(C)(C)OOC(C)(C)C)C(C)(C)OOC(C)(C)C. The molecule has 4 heteroatoms. The van der Waals surface area contributed by atoms with E-state index < -0.39 is 23.2 Å². The molecule has 0 aliphatic carbocycles. The van der Waals surface area contributed by atoms with Gasteiger partial charge in [-0.25, -0.2) is 19.6 Å². The molecule has 4 nitrogen and oxygen atoms in total. The van der Waals surface area contributed by atoms with Crippen LogP contribution in [0.2, 0.25) is 0 Å². The van der Waals surface area contributed by atoms with Crippen molar-refractivity contribution in [1.29, 1.82) is 0 Å². The number of hydrogen-bond acceptors (Lipinski definition) is 4. The Kier molecular flexibility index (Phi) is 6.02. The van der Waals surface area contributed by atoms with Crippen LogP contribution >= 0.6 is 0 Å². The molecular weight excluding hydrogens is 256 g/mol. The molecule has 0 aromatic rings. The normalized spacial score (nSPS) is 17.0. The summed E-state index contributed by atoms with van der Waals surface area (Å²) < 4.78 is 8.33. The first-order valence-corrected chi connectivity index (χ1v) is 7.20. The van der Waals surface area contributed by atoms with Gasteiger partial charge in [-0.3, -0.25) is 0 Å². The molecular formula is C16H34O4. The van der Waals surface area contributed by atoms with Crippen LogP contribution in [0, 0.1) is 0 Å². The van der Waals surface area contributed by atoms with Gasteiger partial charge < -0.3 is 0 Å². The van der Waals surface area contributed by atoms with E-state index in [2.05, 4.69) is 0 Å². The molecule has 1 unspecified atom stereocenters. The lowest BCUT2D eigenvalue weighted by Gasteiger charge is -2.33. The summed E-state index contributed by atoms with van der Waals surface area (Å²) in [5, 5.41) is 0. The van der Waals surface area contributed by atoms with Crippen LogP contribution in [0.15, 0.2) is 0 Å². The van der Waals surface area contributed by atoms with Crippen LogP contribution in [-0.2, 0) is 19.6 Å². The Balaban J connectivity index is 4.52. The predicted molar refractivity (Wildman–Crippen MR) is 81.2 cm³/mol. The lowest BCUT2D eigenvalue weighted by Crippen LogP contribution is -2.35. The molecule has 0 aliphatic heterocycles. The van der Waals surface area contributed by atoms with Gasteiger partial charge in [-0.05, 0) is 82.1 Å². The molecule has 0 saturated carbocycles. The van der Waals surface area contributed by atoms with Gasteiger partial charge in [0.05, 0.1) is 22.4 Å². The lowest BCUT2D eigenvalue weighted by molar-refractivity contribution is -0.410. The Labute approximate surface area is 126 Å². The number of rotatable bonds is 7. The third-order valence-corrected chi connectivity index (χ3v) is 2.11. The van der Waals surface area contributed by atoms with Crippen molar-refractivity contribution in [2.24, 2.45) is 0 Å². The van der Waals surface area contributed by atoms with Gasteiger partial charge in [0.25, 0.3) is 0 Å². The highest BCUT2D eigenvalue weighted by molar-refractivity contribution is 4.75. The lowest BCUT2D eigenvalue weighted by atomic mass is 9.94. The monoisotopic (exact) mass is 291 g/mol. The van der Waals surface area contributed by atoms with Crippen LogP contribution in [0.25, 0.3) is 0 Å². The highest BCUT2D eigenvalue weighted by Gasteiger charge is 2.30. The molecule has 0 amide bonds. The standard InChI is InChI=1S/C16H34O4/c1-13(2,3)17-19-15(7,8)11-12-16(9,10)20-18-14(4,5)6/h11-12H2,1-10H3/i11D. The predicted octanol–water partition coefficient (Wildman–Crippen LogP) is 4.82. The van der Waals surface area contributed by atoms with Gasteiger partial charge in [-0.15, -0.1) is 0 Å². The molecule has 0 N–H and O–H groups in total. The fourth-order valence-electron chi connectivity index (χ4n) is 1.03. The van der Waals surface area contributed by atoms with Crippen LogP contribution < -0.4 is 0 Å². The van der Waals surface area contributed by atoms with Crippen LogP contribution in [-0.4, -0.2) is 22.4 Å². The maximum atomic E-state index is 8.33. The van der Waals surface area contributed by atoms with Crippen molar-refractivity contribution in [3.05, 3.63) is 0 Å². The summed E-state index contributed by atoms with van der Waals surface area (Å²) in [6.07, 6.45) is -0.0535. The Morgan fingerprint density at radius 2 is 0.950 bits per heavy atom. The van der Waals surface area contributed by atoms with Gasteiger partial charge in [0, 0.05) is 1.37 Å². The van der Waals surface area contributed by atoms with Crippen LogP contribution in [0.5, 0.6) is 0 Å². The second kappa shape index (κ2) is 6.73. The summed E-state index contributed by atoms with van der Waals surface area (Å²) >= 11 is 0. The molecule has 122 valence electrons. The Hall–Kier alpha value is -0.160. The van der Waals surface area contributed by atoms with Gasteiger partial charge in [0.2, 0.25) is 0 Å². The van der Waals surface area contributed by atoms with Gasteiger partial charge >= 0.3 is 0 Å². The Morgan fingerprint density at radius 3 is 1.30 bits per heavy atom. The Bertz CT molecular complexity index is 313. The van der Waals surface area contributed by atoms with Crippen LogP contribution in [0.1, 0.15) is 83.4 Å². The Morgan fingerprint density at radius 1 is 0.600 bits per heavy atom. The second-order valence-corrected chi connectivity index (χ2v) is 8.33. The van der Waals surface area contributed by atoms with Crippen LogP contribution in [0.3, 0.4) is 0 Å². The fraction of sp³-hybridized carbons (Fsp3) is 1.00. The molecule has 1 atom stereocenters. The van der Waals surface area contributed by atoms with Crippen molar-refractivity contribution in [2.75, 3.05) is 0 Å². The van der Waals surface area contributed by atoms with Crippen molar-refractivity contribution in [3.63, 3.8) is 0 Å². The van der Waals surface area contributed by atoms with E-state index in [1.807, 2.05) is 69.2 Å². The van der Waals surface area contributed by atoms with E-state index in [0.717, 1.165) is 0 Å². The molecule has 0 bridgehead atoms. The minimum Gasteiger partial charge on any atom is -0.230 e. The molecule has 0 spiro atoms. The van der Waals surface area contributed by atoms with E-state index in [0.29, 0.717) is 6.42 Å². The smallest absolute Gasteiger partial charge is 0.0981 e. The molecule has 0 radical (unpaired) electrons. The van der Waals surface area contributed by atoms with E-state index in [1.165, 1.54) is 0 Å². The van der Waals surface area contributed by atoms with E-state index >= 15 is 0 Å². The highest BCUT2D eigenvalue weighted by atomic mass is 17.2. The zero-order chi connectivity index (χ0) is 17.1. The van der Waals surface area contributed by atoms with E-state index in [1.54, 1.807) is 0 Å². The quantitative estimate of drug-likeness (QED) is 0.498. The molecule has 0 aromatic carbocycles. The average molecular weight is 291 g/mol. The molecule has 20 heavy (non-hydrogen) atoms. The first-order chi connectivity index (χ1) is 9.04. The summed E-state index contributed by atoms with van der Waals surface area (Å²) in [7, 11) is 0. The zero-order valence-electron chi connectivity index (χ0n) is 15.9. The molecule has 0 aromatic heterocycles. The summed E-state index contributed by atoms with van der Waals surface area (Å²) in [5.74, 6) is 0. The van der Waals surface area contributed by atoms with Crippen molar-refractivity contribution in [1.82, 2.24) is 0 Å². The first kappa shape index (κ1) is 17.9. The minimum atomic E-state index is -0.740. The summed E-state index contributed by atoms with van der Waals surface area (Å²) in [5.41, 5.74) is -2.10. The van der Waals surface area contributed by atoms with Crippen molar-refractivity contribution in [3.8, 4) is 0 Å². The molecule has 0 heterocycles. The maximum absolute atomic E-state index is 8.33. The van der Waals surface area contributed by atoms with E-state index in [9.17, 15) is 0 Å². The summed E-state index contributed by atoms with van der Waals surface area (Å²) in [6, 6.07) is 0. The van der Waals surface area contributed by atoms with Crippen molar-refractivity contribution < 1.29 is 20.9 Å². The van der Waals surface area contributed by atoms with Gasteiger partial charge in [-0.2, -0.15) is 0 Å².